The van der Waals surface area contributed by atoms with Gasteiger partial charge < -0.3 is 14.6 Å². The molecule has 30 heavy (non-hydrogen) atoms. The first-order valence-electron chi connectivity index (χ1n) is 9.31. The fraction of sp³-hybridized carbons (Fsp3) is 0.0870. The minimum Gasteiger partial charge on any atom is -0.484 e. The maximum absolute atomic E-state index is 13.1. The van der Waals surface area contributed by atoms with Crippen LogP contribution in [0.4, 0.5) is 4.39 Å². The highest BCUT2D eigenvalue weighted by Gasteiger charge is 2.12. The van der Waals surface area contributed by atoms with Gasteiger partial charge in [0.1, 0.15) is 11.6 Å². The van der Waals surface area contributed by atoms with E-state index in [0.29, 0.717) is 29.2 Å². The summed E-state index contributed by atoms with van der Waals surface area (Å²) in [5.74, 6) is 0.610. The van der Waals surface area contributed by atoms with Crippen molar-refractivity contribution >= 4 is 5.91 Å². The molecule has 0 bridgehead atoms. The van der Waals surface area contributed by atoms with Gasteiger partial charge in [-0.25, -0.2) is 4.39 Å². The van der Waals surface area contributed by atoms with Crippen LogP contribution in [0.15, 0.2) is 83.4 Å². The van der Waals surface area contributed by atoms with Crippen LogP contribution in [0.2, 0.25) is 0 Å². The van der Waals surface area contributed by atoms with E-state index in [2.05, 4.69) is 15.5 Å². The van der Waals surface area contributed by atoms with Gasteiger partial charge in [0.05, 0.1) is 0 Å². The summed E-state index contributed by atoms with van der Waals surface area (Å²) < 4.78 is 23.9. The molecule has 1 aromatic heterocycles. The number of carbonyl (C=O) groups excluding carboxylic acids is 1. The van der Waals surface area contributed by atoms with Crippen molar-refractivity contribution in [2.75, 3.05) is 6.61 Å². The first kappa shape index (κ1) is 19.3. The molecule has 1 heterocycles. The molecule has 0 aliphatic heterocycles. The number of amides is 1. The Bertz CT molecular complexity index is 1130. The second-order valence-electron chi connectivity index (χ2n) is 6.51. The van der Waals surface area contributed by atoms with Gasteiger partial charge in [-0.15, -0.1) is 0 Å². The molecule has 1 N–H and O–H groups in total. The molecular formula is C23H18FN3O3. The average Bonchev–Trinajstić information content (AvgIpc) is 3.28. The largest absolute Gasteiger partial charge is 0.484 e. The molecule has 0 spiro atoms. The maximum Gasteiger partial charge on any atom is 0.258 e. The zero-order valence-electron chi connectivity index (χ0n) is 15.9. The quantitative estimate of drug-likeness (QED) is 0.500. The third-order valence-corrected chi connectivity index (χ3v) is 4.31. The minimum atomic E-state index is -0.337. The van der Waals surface area contributed by atoms with Gasteiger partial charge in [-0.05, 0) is 42.0 Å². The zero-order valence-corrected chi connectivity index (χ0v) is 15.9. The number of aromatic nitrogens is 2. The number of hydrogen-bond acceptors (Lipinski definition) is 5. The Kier molecular flexibility index (Phi) is 5.80. The van der Waals surface area contributed by atoms with Crippen LogP contribution in [0.25, 0.3) is 22.8 Å². The molecule has 0 saturated heterocycles. The highest BCUT2D eigenvalue weighted by atomic mass is 19.1. The summed E-state index contributed by atoms with van der Waals surface area (Å²) in [6.45, 7) is 0.335. The van der Waals surface area contributed by atoms with E-state index < -0.39 is 0 Å². The van der Waals surface area contributed by atoms with Gasteiger partial charge in [0.15, 0.2) is 6.61 Å². The molecule has 0 aliphatic carbocycles. The molecule has 3 aromatic carbocycles. The van der Waals surface area contributed by atoms with Crippen LogP contribution >= 0.6 is 0 Å². The van der Waals surface area contributed by atoms with E-state index in [1.54, 1.807) is 30.3 Å². The van der Waals surface area contributed by atoms with Crippen molar-refractivity contribution in [3.63, 3.8) is 0 Å². The van der Waals surface area contributed by atoms with Gasteiger partial charge in [-0.1, -0.05) is 47.6 Å². The van der Waals surface area contributed by atoms with Gasteiger partial charge in [-0.3, -0.25) is 4.79 Å². The molecule has 4 rings (SSSR count). The SMILES string of the molecule is O=C(COc1cccc(-c2noc(-c3ccc(F)cc3)n2)c1)NCc1ccccc1. The number of rotatable bonds is 7. The van der Waals surface area contributed by atoms with Crippen LogP contribution in [0.1, 0.15) is 5.56 Å². The summed E-state index contributed by atoms with van der Waals surface area (Å²) in [4.78, 5) is 16.4. The third kappa shape index (κ3) is 4.88. The number of hydrogen-bond donors (Lipinski definition) is 1. The van der Waals surface area contributed by atoms with Crippen molar-refractivity contribution < 1.29 is 18.4 Å². The maximum atomic E-state index is 13.1. The summed E-state index contributed by atoms with van der Waals surface area (Å²) in [5.41, 5.74) is 2.31. The fourth-order valence-electron chi connectivity index (χ4n) is 2.77. The molecule has 0 unspecified atom stereocenters. The highest BCUT2D eigenvalue weighted by Crippen LogP contribution is 2.25. The van der Waals surface area contributed by atoms with E-state index in [4.69, 9.17) is 9.26 Å². The third-order valence-electron chi connectivity index (χ3n) is 4.31. The van der Waals surface area contributed by atoms with E-state index in [1.165, 1.54) is 12.1 Å². The molecule has 150 valence electrons. The average molecular weight is 403 g/mol. The molecule has 0 saturated carbocycles. The lowest BCUT2D eigenvalue weighted by Gasteiger charge is -2.08. The predicted octanol–water partition coefficient (Wildman–Crippen LogP) is 4.24. The Balaban J connectivity index is 1.37. The second-order valence-corrected chi connectivity index (χ2v) is 6.51. The molecule has 7 heteroatoms. The van der Waals surface area contributed by atoms with Crippen molar-refractivity contribution in [1.82, 2.24) is 15.5 Å². The predicted molar refractivity (Wildman–Crippen MR) is 109 cm³/mol. The zero-order chi connectivity index (χ0) is 20.8. The Morgan fingerprint density at radius 1 is 0.967 bits per heavy atom. The Hall–Kier alpha value is -4.00. The highest BCUT2D eigenvalue weighted by molar-refractivity contribution is 5.77. The lowest BCUT2D eigenvalue weighted by molar-refractivity contribution is -0.123. The van der Waals surface area contributed by atoms with E-state index in [-0.39, 0.29) is 24.2 Å². The van der Waals surface area contributed by atoms with Crippen molar-refractivity contribution in [3.05, 3.63) is 90.2 Å². The Labute approximate surface area is 172 Å². The second kappa shape index (κ2) is 9.00. The van der Waals surface area contributed by atoms with E-state index >= 15 is 0 Å². The minimum absolute atomic E-state index is 0.108. The van der Waals surface area contributed by atoms with Crippen molar-refractivity contribution in [2.24, 2.45) is 0 Å². The normalized spacial score (nSPS) is 10.6. The van der Waals surface area contributed by atoms with Crippen LogP contribution in [0.3, 0.4) is 0 Å². The van der Waals surface area contributed by atoms with Crippen molar-refractivity contribution in [3.8, 4) is 28.6 Å². The summed E-state index contributed by atoms with van der Waals surface area (Å²) in [6.07, 6.45) is 0. The van der Waals surface area contributed by atoms with Gasteiger partial charge in [0.2, 0.25) is 5.82 Å². The molecule has 4 aromatic rings. The molecule has 0 aliphatic rings. The Morgan fingerprint density at radius 3 is 2.57 bits per heavy atom. The number of nitrogens with one attached hydrogen (secondary N) is 1. The topological polar surface area (TPSA) is 77.2 Å². The lowest BCUT2D eigenvalue weighted by atomic mass is 10.2. The Morgan fingerprint density at radius 2 is 1.77 bits per heavy atom. The van der Waals surface area contributed by atoms with Crippen molar-refractivity contribution in [2.45, 2.75) is 6.54 Å². The van der Waals surface area contributed by atoms with Crippen LogP contribution < -0.4 is 10.1 Å². The molecule has 0 radical (unpaired) electrons. The number of benzene rings is 3. The summed E-state index contributed by atoms with van der Waals surface area (Å²) in [6, 6.07) is 22.5. The van der Waals surface area contributed by atoms with Gasteiger partial charge in [0, 0.05) is 17.7 Å². The van der Waals surface area contributed by atoms with Crippen LogP contribution in [-0.2, 0) is 11.3 Å². The summed E-state index contributed by atoms with van der Waals surface area (Å²) in [5, 5.41) is 6.78. The summed E-state index contributed by atoms with van der Waals surface area (Å²) >= 11 is 0. The smallest absolute Gasteiger partial charge is 0.258 e. The molecule has 0 fully saturated rings. The molecule has 1 amide bonds. The monoisotopic (exact) mass is 403 g/mol. The van der Waals surface area contributed by atoms with Crippen LogP contribution in [0, 0.1) is 5.82 Å². The van der Waals surface area contributed by atoms with E-state index in [9.17, 15) is 9.18 Å². The fourth-order valence-corrected chi connectivity index (χ4v) is 2.77. The first-order valence-corrected chi connectivity index (χ1v) is 9.31. The van der Waals surface area contributed by atoms with E-state index in [1.807, 2.05) is 36.4 Å². The number of ether oxygens (including phenoxy) is 1. The van der Waals surface area contributed by atoms with E-state index in [0.717, 1.165) is 5.56 Å². The standard InChI is InChI=1S/C23H18FN3O3/c24-19-11-9-17(10-12-19)23-26-22(27-30-23)18-7-4-8-20(13-18)29-15-21(28)25-14-16-5-2-1-3-6-16/h1-13H,14-15H2,(H,25,28). The van der Waals surface area contributed by atoms with Crippen LogP contribution in [0.5, 0.6) is 5.75 Å². The summed E-state index contributed by atoms with van der Waals surface area (Å²) in [7, 11) is 0. The number of carbonyl (C=O) groups is 1. The number of halogens is 1. The van der Waals surface area contributed by atoms with Gasteiger partial charge in [-0.2, -0.15) is 4.98 Å². The van der Waals surface area contributed by atoms with Gasteiger partial charge in [0.25, 0.3) is 11.8 Å². The number of nitrogens with zero attached hydrogens (tertiary/aromatic N) is 2. The van der Waals surface area contributed by atoms with Crippen LogP contribution in [-0.4, -0.2) is 22.7 Å². The molecule has 6 nitrogen and oxygen atoms in total. The molecule has 0 atom stereocenters. The molecular weight excluding hydrogens is 385 g/mol. The first-order chi connectivity index (χ1) is 14.7. The lowest BCUT2D eigenvalue weighted by Crippen LogP contribution is -2.28. The van der Waals surface area contributed by atoms with Gasteiger partial charge >= 0.3 is 0 Å². The van der Waals surface area contributed by atoms with Crippen molar-refractivity contribution in [1.29, 1.82) is 0 Å².